The molecule has 0 amide bonds. The summed E-state index contributed by atoms with van der Waals surface area (Å²) in [5.74, 6) is 0. The molecule has 1 rings (SSSR count). The van der Waals surface area contributed by atoms with Crippen LogP contribution in [0.1, 0.15) is 6.92 Å². The molecule has 0 saturated carbocycles. The molecule has 74 valence electrons. The molecule has 0 fully saturated rings. The lowest BCUT2D eigenvalue weighted by atomic mass is 10.8. The Morgan fingerprint density at radius 2 is 2.23 bits per heavy atom. The minimum atomic E-state index is -0.340. The zero-order chi connectivity index (χ0) is 10.3. The van der Waals surface area contributed by atoms with Gasteiger partial charge in [0.2, 0.25) is 0 Å². The molecule has 0 N–H and O–H groups in total. The van der Waals surface area contributed by atoms with Crippen molar-refractivity contribution in [3.8, 4) is 0 Å². The third-order valence-electron chi connectivity index (χ3n) is 1.25. The molecule has 1 heterocycles. The van der Waals surface area contributed by atoms with Gasteiger partial charge in [-0.3, -0.25) is 0 Å². The molecule has 0 aromatic carbocycles. The van der Waals surface area contributed by atoms with Crippen molar-refractivity contribution in [3.63, 3.8) is 0 Å². The molecule has 6 heteroatoms. The fraction of sp³-hybridized carbons (Fsp3) is 0.429. The van der Waals surface area contributed by atoms with Crippen molar-refractivity contribution >= 4 is 27.8 Å². The second-order valence-corrected chi connectivity index (χ2v) is 2.19. The van der Waals surface area contributed by atoms with E-state index in [4.69, 9.17) is 4.74 Å². The van der Waals surface area contributed by atoms with E-state index in [1.807, 2.05) is 7.05 Å². The summed E-state index contributed by atoms with van der Waals surface area (Å²) >= 11 is 0. The van der Waals surface area contributed by atoms with Crippen molar-refractivity contribution in [3.05, 3.63) is 18.7 Å². The number of aromatic nitrogens is 2. The highest BCUT2D eigenvalue weighted by molar-refractivity contribution is 6.85. The number of halogens is 2. The highest BCUT2D eigenvalue weighted by Crippen LogP contribution is 1.87. The standard InChI is InChI=1S/C7H11N2O2.Cl2/c1-3-11-7(10)9-5-4-8(2)6-9;1-2/h4-6H,3H2,1-2H3;/q+1;. The number of carbonyl (C=O) groups is 1. The molecule has 1 aromatic rings. The molecule has 0 aliphatic heterocycles. The smallest absolute Gasteiger partial charge is 0.431 e. The summed E-state index contributed by atoms with van der Waals surface area (Å²) in [4.78, 5) is 11.0. The van der Waals surface area contributed by atoms with Gasteiger partial charge in [0.05, 0.1) is 13.7 Å². The van der Waals surface area contributed by atoms with E-state index in [2.05, 4.69) is 21.7 Å². The molecule has 0 atom stereocenters. The van der Waals surface area contributed by atoms with Crippen LogP contribution >= 0.6 is 21.7 Å². The van der Waals surface area contributed by atoms with E-state index in [9.17, 15) is 4.79 Å². The molecule has 4 nitrogen and oxygen atoms in total. The number of ether oxygens (including phenoxy) is 1. The number of hydrogen-bond donors (Lipinski definition) is 0. The zero-order valence-electron chi connectivity index (χ0n) is 7.41. The van der Waals surface area contributed by atoms with E-state index < -0.39 is 0 Å². The van der Waals surface area contributed by atoms with Crippen molar-refractivity contribution < 1.29 is 14.1 Å². The van der Waals surface area contributed by atoms with E-state index >= 15 is 0 Å². The van der Waals surface area contributed by atoms with Gasteiger partial charge in [-0.1, -0.05) is 0 Å². The first-order valence-corrected chi connectivity index (χ1v) is 4.73. The van der Waals surface area contributed by atoms with Crippen molar-refractivity contribution in [2.75, 3.05) is 6.61 Å². The van der Waals surface area contributed by atoms with Crippen LogP contribution < -0.4 is 4.57 Å². The summed E-state index contributed by atoms with van der Waals surface area (Å²) in [6.45, 7) is 2.18. The third kappa shape index (κ3) is 4.15. The lowest BCUT2D eigenvalue weighted by Gasteiger charge is -1.93. The molecule has 0 spiro atoms. The molecule has 0 bridgehead atoms. The van der Waals surface area contributed by atoms with Crippen molar-refractivity contribution in [1.82, 2.24) is 4.57 Å². The molecule has 0 saturated heterocycles. The van der Waals surface area contributed by atoms with Gasteiger partial charge in [0.25, 0.3) is 6.33 Å². The third-order valence-corrected chi connectivity index (χ3v) is 1.25. The predicted octanol–water partition coefficient (Wildman–Crippen LogP) is 1.70. The Labute approximate surface area is 86.2 Å². The Balaban J connectivity index is 0.000000671. The van der Waals surface area contributed by atoms with E-state index in [0.29, 0.717) is 6.61 Å². The second kappa shape index (κ2) is 6.74. The van der Waals surface area contributed by atoms with Crippen LogP contribution in [0.25, 0.3) is 0 Å². The number of carbonyl (C=O) groups excluding carboxylic acids is 1. The Morgan fingerprint density at radius 3 is 2.62 bits per heavy atom. The maximum Gasteiger partial charge on any atom is 0.511 e. The molecule has 13 heavy (non-hydrogen) atoms. The molecule has 0 unspecified atom stereocenters. The van der Waals surface area contributed by atoms with Crippen LogP contribution in [-0.2, 0) is 11.8 Å². The van der Waals surface area contributed by atoms with Crippen molar-refractivity contribution in [2.45, 2.75) is 6.92 Å². The summed E-state index contributed by atoms with van der Waals surface area (Å²) in [7, 11) is 10.1. The summed E-state index contributed by atoms with van der Waals surface area (Å²) in [6.07, 6.45) is 4.74. The fourth-order valence-electron chi connectivity index (χ4n) is 0.756. The van der Waals surface area contributed by atoms with Gasteiger partial charge in [-0.2, -0.15) is 4.79 Å². The number of imidazole rings is 1. The lowest BCUT2D eigenvalue weighted by molar-refractivity contribution is -0.670. The first-order valence-electron chi connectivity index (χ1n) is 3.58. The molecular weight excluding hydrogens is 215 g/mol. The van der Waals surface area contributed by atoms with Gasteiger partial charge in [0.1, 0.15) is 12.4 Å². The Hall–Kier alpha value is -0.740. The van der Waals surface area contributed by atoms with Crippen LogP contribution in [0.3, 0.4) is 0 Å². The van der Waals surface area contributed by atoms with E-state index in [0.717, 1.165) is 0 Å². The monoisotopic (exact) mass is 225 g/mol. The predicted molar refractivity (Wildman–Crippen MR) is 49.7 cm³/mol. The normalized spacial score (nSPS) is 8.62. The topological polar surface area (TPSA) is 35.1 Å². The van der Waals surface area contributed by atoms with E-state index in [-0.39, 0.29) is 6.09 Å². The molecule has 0 aliphatic carbocycles. The molecule has 0 radical (unpaired) electrons. The Morgan fingerprint density at radius 1 is 1.62 bits per heavy atom. The first kappa shape index (κ1) is 12.3. The van der Waals surface area contributed by atoms with Gasteiger partial charge < -0.3 is 4.74 Å². The van der Waals surface area contributed by atoms with Crippen LogP contribution in [-0.4, -0.2) is 17.3 Å². The highest BCUT2D eigenvalue weighted by atomic mass is 36.5. The van der Waals surface area contributed by atoms with Gasteiger partial charge in [0.15, 0.2) is 0 Å². The van der Waals surface area contributed by atoms with Gasteiger partial charge in [-0.25, -0.2) is 4.57 Å². The van der Waals surface area contributed by atoms with Crippen LogP contribution in [0, 0.1) is 0 Å². The average molecular weight is 226 g/mol. The van der Waals surface area contributed by atoms with E-state index in [1.165, 1.54) is 4.57 Å². The van der Waals surface area contributed by atoms with Crippen molar-refractivity contribution in [1.29, 1.82) is 0 Å². The zero-order valence-corrected chi connectivity index (χ0v) is 8.92. The number of rotatable bonds is 1. The summed E-state index contributed by atoms with van der Waals surface area (Å²) in [5, 5.41) is 0. The maximum atomic E-state index is 11.0. The average Bonchev–Trinajstić information content (AvgIpc) is 2.56. The lowest BCUT2D eigenvalue weighted by Crippen LogP contribution is -2.25. The largest absolute Gasteiger partial charge is 0.511 e. The summed E-state index contributed by atoms with van der Waals surface area (Å²) in [6, 6.07) is 0. The highest BCUT2D eigenvalue weighted by Gasteiger charge is 2.10. The quantitative estimate of drug-likeness (QED) is 0.683. The van der Waals surface area contributed by atoms with Gasteiger partial charge in [-0.15, -0.1) is 4.57 Å². The Kier molecular flexibility index (Phi) is 6.36. The van der Waals surface area contributed by atoms with E-state index in [1.54, 1.807) is 30.2 Å². The minimum Gasteiger partial charge on any atom is -0.431 e. The molecular formula is C7H11Cl2N2O2+. The van der Waals surface area contributed by atoms with Gasteiger partial charge in [-0.05, 0) is 6.92 Å². The Bertz CT molecular complexity index is 263. The number of hydrogen-bond acceptors (Lipinski definition) is 2. The fourth-order valence-corrected chi connectivity index (χ4v) is 0.756. The van der Waals surface area contributed by atoms with Crippen LogP contribution in [0.15, 0.2) is 18.7 Å². The SMILES string of the molecule is CCOC(=O)n1cc[n+](C)c1.ClCl. The van der Waals surface area contributed by atoms with Crippen molar-refractivity contribution in [2.24, 2.45) is 7.05 Å². The second-order valence-electron chi connectivity index (χ2n) is 2.19. The number of aryl methyl sites for hydroxylation is 1. The van der Waals surface area contributed by atoms with Crippen LogP contribution in [0.4, 0.5) is 4.79 Å². The van der Waals surface area contributed by atoms with Crippen LogP contribution in [0.2, 0.25) is 0 Å². The summed E-state index contributed by atoms with van der Waals surface area (Å²) in [5.41, 5.74) is 0. The minimum absolute atomic E-state index is 0.340. The van der Waals surface area contributed by atoms with Gasteiger partial charge in [0, 0.05) is 21.7 Å². The maximum absolute atomic E-state index is 11.0. The number of nitrogens with zero attached hydrogens (tertiary/aromatic N) is 2. The first-order chi connectivity index (χ1) is 6.24. The molecule has 1 aromatic heterocycles. The van der Waals surface area contributed by atoms with Gasteiger partial charge >= 0.3 is 6.09 Å². The van der Waals surface area contributed by atoms with Crippen LogP contribution in [0.5, 0.6) is 0 Å². The summed E-state index contributed by atoms with van der Waals surface area (Å²) < 4.78 is 7.92. The molecule has 0 aliphatic rings.